The summed E-state index contributed by atoms with van der Waals surface area (Å²) in [5.41, 5.74) is 0.189. The highest BCUT2D eigenvalue weighted by molar-refractivity contribution is 5.94. The van der Waals surface area contributed by atoms with E-state index in [1.807, 2.05) is 30.3 Å². The lowest BCUT2D eigenvalue weighted by atomic mass is 10.1. The average Bonchev–Trinajstić information content (AvgIpc) is 2.68. The number of hydrogen-bond donors (Lipinski definition) is 1. The molecule has 0 spiro atoms. The molecule has 1 amide bonds. The zero-order chi connectivity index (χ0) is 19.2. The molecule has 3 aromatic carbocycles. The smallest absolute Gasteiger partial charge is 0.312 e. The second kappa shape index (κ2) is 8.09. The van der Waals surface area contributed by atoms with Crippen LogP contribution in [0, 0.1) is 10.1 Å². The van der Waals surface area contributed by atoms with Crippen molar-refractivity contribution in [2.24, 2.45) is 0 Å². The van der Waals surface area contributed by atoms with Gasteiger partial charge in [0.15, 0.2) is 0 Å². The normalized spacial score (nSPS) is 10.4. The van der Waals surface area contributed by atoms with Crippen molar-refractivity contribution in [1.82, 2.24) is 5.32 Å². The van der Waals surface area contributed by atoms with Crippen LogP contribution in [-0.4, -0.2) is 23.3 Å². The fourth-order valence-corrected chi connectivity index (χ4v) is 2.53. The van der Waals surface area contributed by atoms with Crippen LogP contribution < -0.4 is 10.1 Å². The van der Waals surface area contributed by atoms with Crippen molar-refractivity contribution in [3.05, 3.63) is 82.4 Å². The molecule has 0 aliphatic carbocycles. The van der Waals surface area contributed by atoms with Gasteiger partial charge in [-0.3, -0.25) is 19.7 Å². The van der Waals surface area contributed by atoms with E-state index >= 15 is 0 Å². The summed E-state index contributed by atoms with van der Waals surface area (Å²) in [7, 11) is 0. The van der Waals surface area contributed by atoms with E-state index in [0.717, 1.165) is 10.8 Å². The summed E-state index contributed by atoms with van der Waals surface area (Å²) in [4.78, 5) is 34.0. The maximum Gasteiger partial charge on any atom is 0.312 e. The first-order valence-corrected chi connectivity index (χ1v) is 8.25. The largest absolute Gasteiger partial charge is 0.426 e. The maximum atomic E-state index is 12.0. The summed E-state index contributed by atoms with van der Waals surface area (Å²) in [5, 5.41) is 15.2. The topological polar surface area (TPSA) is 98.5 Å². The van der Waals surface area contributed by atoms with Gasteiger partial charge in [-0.15, -0.1) is 0 Å². The molecular formula is C20H16N2O5. The van der Waals surface area contributed by atoms with Gasteiger partial charge in [0.05, 0.1) is 11.3 Å². The summed E-state index contributed by atoms with van der Waals surface area (Å²) in [6.45, 7) is 0.0994. The third-order valence-electron chi connectivity index (χ3n) is 3.91. The van der Waals surface area contributed by atoms with Gasteiger partial charge >= 0.3 is 5.97 Å². The lowest BCUT2D eigenvalue weighted by Gasteiger charge is -2.07. The van der Waals surface area contributed by atoms with Gasteiger partial charge in [-0.05, 0) is 35.0 Å². The van der Waals surface area contributed by atoms with Crippen LogP contribution in [0.2, 0.25) is 0 Å². The molecular weight excluding hydrogens is 348 g/mol. The summed E-state index contributed by atoms with van der Waals surface area (Å²) in [6, 6.07) is 18.3. The minimum atomic E-state index is -0.537. The summed E-state index contributed by atoms with van der Waals surface area (Å²) < 4.78 is 5.29. The Morgan fingerprint density at radius 3 is 2.37 bits per heavy atom. The molecule has 0 aliphatic heterocycles. The summed E-state index contributed by atoms with van der Waals surface area (Å²) in [6.07, 6.45) is 0.00550. The van der Waals surface area contributed by atoms with Gasteiger partial charge in [0.1, 0.15) is 5.75 Å². The Morgan fingerprint density at radius 2 is 1.67 bits per heavy atom. The summed E-state index contributed by atoms with van der Waals surface area (Å²) in [5.74, 6) is -0.432. The van der Waals surface area contributed by atoms with Crippen LogP contribution in [0.15, 0.2) is 66.7 Å². The van der Waals surface area contributed by atoms with Crippen molar-refractivity contribution in [2.45, 2.75) is 6.42 Å². The third kappa shape index (κ3) is 4.66. The first kappa shape index (κ1) is 18.1. The Morgan fingerprint density at radius 1 is 0.963 bits per heavy atom. The molecule has 27 heavy (non-hydrogen) atoms. The van der Waals surface area contributed by atoms with Gasteiger partial charge in [0, 0.05) is 24.2 Å². The minimum absolute atomic E-state index is 0.00550. The number of carbonyl (C=O) groups is 2. The molecule has 3 rings (SSSR count). The summed E-state index contributed by atoms with van der Waals surface area (Å²) >= 11 is 0. The predicted molar refractivity (Wildman–Crippen MR) is 99.6 cm³/mol. The van der Waals surface area contributed by atoms with Gasteiger partial charge in [-0.1, -0.05) is 30.3 Å². The average molecular weight is 364 g/mol. The highest BCUT2D eigenvalue weighted by Crippen LogP contribution is 2.20. The fourth-order valence-electron chi connectivity index (χ4n) is 2.53. The maximum absolute atomic E-state index is 12.0. The van der Waals surface area contributed by atoms with Crippen molar-refractivity contribution < 1.29 is 19.2 Å². The number of nitro benzene ring substituents is 1. The third-order valence-corrected chi connectivity index (χ3v) is 3.91. The van der Waals surface area contributed by atoms with Crippen LogP contribution in [0.3, 0.4) is 0 Å². The van der Waals surface area contributed by atoms with Gasteiger partial charge in [0.25, 0.3) is 11.6 Å². The number of ether oxygens (including phenoxy) is 1. The number of esters is 1. The molecule has 7 heteroatoms. The van der Waals surface area contributed by atoms with Crippen LogP contribution in [0.25, 0.3) is 10.8 Å². The van der Waals surface area contributed by atoms with Gasteiger partial charge in [-0.2, -0.15) is 0 Å². The molecule has 1 N–H and O–H groups in total. The van der Waals surface area contributed by atoms with E-state index in [2.05, 4.69) is 5.32 Å². The number of benzene rings is 3. The lowest BCUT2D eigenvalue weighted by Crippen LogP contribution is -2.27. The molecule has 0 heterocycles. The van der Waals surface area contributed by atoms with E-state index in [0.29, 0.717) is 5.75 Å². The highest BCUT2D eigenvalue weighted by Gasteiger charge is 2.11. The zero-order valence-electron chi connectivity index (χ0n) is 14.3. The van der Waals surface area contributed by atoms with Crippen molar-refractivity contribution in [2.75, 3.05) is 6.54 Å². The lowest BCUT2D eigenvalue weighted by molar-refractivity contribution is -0.384. The van der Waals surface area contributed by atoms with Crippen LogP contribution in [0.4, 0.5) is 5.69 Å². The second-order valence-electron chi connectivity index (χ2n) is 5.79. The molecule has 7 nitrogen and oxygen atoms in total. The van der Waals surface area contributed by atoms with E-state index < -0.39 is 16.8 Å². The van der Waals surface area contributed by atoms with E-state index in [-0.39, 0.29) is 24.2 Å². The molecule has 0 saturated heterocycles. The molecule has 0 aromatic heterocycles. The van der Waals surface area contributed by atoms with Gasteiger partial charge in [-0.25, -0.2) is 0 Å². The Labute approximate surface area is 154 Å². The van der Waals surface area contributed by atoms with Crippen LogP contribution in [0.1, 0.15) is 16.8 Å². The molecule has 0 aliphatic rings. The van der Waals surface area contributed by atoms with E-state index in [1.165, 1.54) is 24.3 Å². The zero-order valence-corrected chi connectivity index (χ0v) is 14.3. The quantitative estimate of drug-likeness (QED) is 0.312. The molecule has 0 atom stereocenters. The number of nitrogens with zero attached hydrogens (tertiary/aromatic N) is 1. The number of hydrogen-bond acceptors (Lipinski definition) is 5. The molecule has 3 aromatic rings. The number of amides is 1. The first-order valence-electron chi connectivity index (χ1n) is 8.25. The van der Waals surface area contributed by atoms with Gasteiger partial charge < -0.3 is 10.1 Å². The Hall–Kier alpha value is -3.74. The fraction of sp³-hybridized carbons (Fsp3) is 0.100. The number of nitrogens with one attached hydrogen (secondary N) is 1. The van der Waals surface area contributed by atoms with Gasteiger partial charge in [0.2, 0.25) is 0 Å². The molecule has 0 saturated carbocycles. The molecule has 0 bridgehead atoms. The van der Waals surface area contributed by atoms with Crippen molar-refractivity contribution in [1.29, 1.82) is 0 Å². The van der Waals surface area contributed by atoms with Crippen molar-refractivity contribution in [3.63, 3.8) is 0 Å². The Balaban J connectivity index is 1.49. The molecule has 0 radical (unpaired) electrons. The standard InChI is InChI=1S/C20H16N2O5/c23-19(27-18-10-7-14-3-1-2-4-16(14)13-18)11-12-21-20(24)15-5-8-17(9-6-15)22(25)26/h1-10,13H,11-12H2,(H,21,24). The SMILES string of the molecule is O=C(CCNC(=O)c1ccc([N+](=O)[O-])cc1)Oc1ccc2ccccc2c1. The molecule has 136 valence electrons. The van der Waals surface area contributed by atoms with E-state index in [9.17, 15) is 19.7 Å². The van der Waals surface area contributed by atoms with Crippen LogP contribution >= 0.6 is 0 Å². The number of rotatable bonds is 6. The number of nitro groups is 1. The highest BCUT2D eigenvalue weighted by atomic mass is 16.6. The number of carbonyl (C=O) groups excluding carboxylic acids is 2. The first-order chi connectivity index (χ1) is 13.0. The van der Waals surface area contributed by atoms with Crippen LogP contribution in [-0.2, 0) is 4.79 Å². The molecule has 0 fully saturated rings. The van der Waals surface area contributed by atoms with Crippen molar-refractivity contribution >= 4 is 28.3 Å². The molecule has 0 unspecified atom stereocenters. The van der Waals surface area contributed by atoms with Crippen molar-refractivity contribution in [3.8, 4) is 5.75 Å². The minimum Gasteiger partial charge on any atom is -0.426 e. The Bertz CT molecular complexity index is 999. The van der Waals surface area contributed by atoms with E-state index in [4.69, 9.17) is 4.74 Å². The second-order valence-corrected chi connectivity index (χ2v) is 5.79. The Kier molecular flexibility index (Phi) is 5.41. The number of non-ortho nitro benzene ring substituents is 1. The number of fused-ring (bicyclic) bond motifs is 1. The monoisotopic (exact) mass is 364 g/mol. The predicted octanol–water partition coefficient (Wildman–Crippen LogP) is 3.47. The van der Waals surface area contributed by atoms with E-state index in [1.54, 1.807) is 12.1 Å². The van der Waals surface area contributed by atoms with Crippen LogP contribution in [0.5, 0.6) is 5.75 Å².